The Bertz CT molecular complexity index is 331. The van der Waals surface area contributed by atoms with Crippen molar-refractivity contribution in [1.29, 1.82) is 0 Å². The molecule has 0 heterocycles. The summed E-state index contributed by atoms with van der Waals surface area (Å²) in [4.78, 5) is 12.6. The van der Waals surface area contributed by atoms with E-state index in [1.165, 1.54) is 25.7 Å². The zero-order chi connectivity index (χ0) is 14.7. The van der Waals surface area contributed by atoms with Crippen LogP contribution < -0.4 is 11.1 Å². The van der Waals surface area contributed by atoms with E-state index in [0.717, 1.165) is 19.3 Å². The van der Waals surface area contributed by atoms with Gasteiger partial charge in [0.25, 0.3) is 0 Å². The van der Waals surface area contributed by atoms with Crippen LogP contribution in [0.1, 0.15) is 65.7 Å². The van der Waals surface area contributed by atoms with Gasteiger partial charge in [-0.1, -0.05) is 40.0 Å². The molecule has 2 aliphatic carbocycles. The molecule has 3 heteroatoms. The molecule has 20 heavy (non-hydrogen) atoms. The van der Waals surface area contributed by atoms with Crippen molar-refractivity contribution in [2.75, 3.05) is 0 Å². The van der Waals surface area contributed by atoms with Crippen LogP contribution in [-0.2, 0) is 4.79 Å². The Kier molecular flexibility index (Phi) is 5.48. The van der Waals surface area contributed by atoms with Gasteiger partial charge in [0.15, 0.2) is 0 Å². The fraction of sp³-hybridized carbons (Fsp3) is 0.941. The highest BCUT2D eigenvalue weighted by Crippen LogP contribution is 2.33. The van der Waals surface area contributed by atoms with Crippen LogP contribution in [0.5, 0.6) is 0 Å². The quantitative estimate of drug-likeness (QED) is 0.764. The Morgan fingerprint density at radius 1 is 0.950 bits per heavy atom. The number of hydrogen-bond acceptors (Lipinski definition) is 2. The lowest BCUT2D eigenvalue weighted by molar-refractivity contribution is -0.129. The number of amides is 1. The van der Waals surface area contributed by atoms with Gasteiger partial charge < -0.3 is 11.1 Å². The molecule has 0 aromatic rings. The van der Waals surface area contributed by atoms with Crippen LogP contribution in [0.15, 0.2) is 0 Å². The summed E-state index contributed by atoms with van der Waals surface area (Å²) in [5.74, 6) is 2.01. The molecule has 2 aliphatic rings. The van der Waals surface area contributed by atoms with Crippen molar-refractivity contribution in [3.05, 3.63) is 0 Å². The van der Waals surface area contributed by atoms with Gasteiger partial charge in [-0.25, -0.2) is 0 Å². The van der Waals surface area contributed by atoms with E-state index in [9.17, 15) is 4.79 Å². The summed E-state index contributed by atoms with van der Waals surface area (Å²) in [6.45, 7) is 6.71. The number of nitrogens with one attached hydrogen (secondary N) is 1. The van der Waals surface area contributed by atoms with Gasteiger partial charge in [0.05, 0.1) is 0 Å². The molecule has 0 bridgehead atoms. The monoisotopic (exact) mass is 280 g/mol. The van der Waals surface area contributed by atoms with E-state index in [1.54, 1.807) is 0 Å². The second-order valence-corrected chi connectivity index (χ2v) is 7.43. The van der Waals surface area contributed by atoms with Gasteiger partial charge >= 0.3 is 0 Å². The normalized spacial score (nSPS) is 42.8. The first-order valence-electron chi connectivity index (χ1n) is 8.55. The second-order valence-electron chi connectivity index (χ2n) is 7.43. The molecule has 0 aliphatic heterocycles. The van der Waals surface area contributed by atoms with Crippen LogP contribution in [0.2, 0.25) is 0 Å². The van der Waals surface area contributed by atoms with Crippen molar-refractivity contribution in [3.8, 4) is 0 Å². The second kappa shape index (κ2) is 6.93. The Morgan fingerprint density at radius 3 is 2.40 bits per heavy atom. The van der Waals surface area contributed by atoms with E-state index in [4.69, 9.17) is 5.73 Å². The standard InChI is InChI=1S/C17H32N2O/c1-11-7-5-4-6-8-16(11)19-17(20)14-10-15(18)13(3)9-12(14)2/h11-16H,4-10,18H2,1-3H3,(H,19,20). The first-order valence-corrected chi connectivity index (χ1v) is 8.55. The van der Waals surface area contributed by atoms with Crippen LogP contribution in [-0.4, -0.2) is 18.0 Å². The van der Waals surface area contributed by atoms with Crippen LogP contribution in [0, 0.1) is 23.7 Å². The zero-order valence-corrected chi connectivity index (χ0v) is 13.4. The molecule has 6 unspecified atom stereocenters. The van der Waals surface area contributed by atoms with Crippen LogP contribution in [0.3, 0.4) is 0 Å². The number of hydrogen-bond donors (Lipinski definition) is 2. The van der Waals surface area contributed by atoms with Crippen molar-refractivity contribution >= 4 is 5.91 Å². The molecular formula is C17H32N2O. The first-order chi connectivity index (χ1) is 9.49. The molecular weight excluding hydrogens is 248 g/mol. The van der Waals surface area contributed by atoms with Crippen molar-refractivity contribution in [2.24, 2.45) is 29.4 Å². The summed E-state index contributed by atoms with van der Waals surface area (Å²) >= 11 is 0. The lowest BCUT2D eigenvalue weighted by Gasteiger charge is -2.37. The largest absolute Gasteiger partial charge is 0.353 e. The molecule has 116 valence electrons. The Labute approximate surface area is 124 Å². The van der Waals surface area contributed by atoms with Crippen LogP contribution in [0.25, 0.3) is 0 Å². The van der Waals surface area contributed by atoms with Crippen molar-refractivity contribution < 1.29 is 4.79 Å². The third-order valence-electron chi connectivity index (χ3n) is 5.71. The SMILES string of the molecule is CC1CC(C)C(C(=O)NC2CCCCCC2C)CC1N. The van der Waals surface area contributed by atoms with Crippen LogP contribution in [0.4, 0.5) is 0 Å². The van der Waals surface area contributed by atoms with Gasteiger partial charge in [0.1, 0.15) is 0 Å². The maximum absolute atomic E-state index is 12.6. The molecule has 0 saturated heterocycles. The number of rotatable bonds is 2. The zero-order valence-electron chi connectivity index (χ0n) is 13.4. The number of nitrogens with two attached hydrogens (primary N) is 1. The summed E-state index contributed by atoms with van der Waals surface area (Å²) in [7, 11) is 0. The first kappa shape index (κ1) is 15.8. The molecule has 0 aromatic carbocycles. The molecule has 6 atom stereocenters. The van der Waals surface area contributed by atoms with E-state index in [0.29, 0.717) is 23.8 Å². The summed E-state index contributed by atoms with van der Waals surface area (Å²) in [6, 6.07) is 0.571. The fourth-order valence-corrected chi connectivity index (χ4v) is 4.05. The molecule has 2 saturated carbocycles. The van der Waals surface area contributed by atoms with E-state index < -0.39 is 0 Å². The molecule has 1 amide bonds. The predicted octanol–water partition coefficient (Wildman–Crippen LogP) is 3.08. The Balaban J connectivity index is 1.93. The van der Waals surface area contributed by atoms with Crippen LogP contribution >= 0.6 is 0 Å². The maximum atomic E-state index is 12.6. The topological polar surface area (TPSA) is 55.1 Å². The minimum Gasteiger partial charge on any atom is -0.353 e. The van der Waals surface area contributed by atoms with E-state index in [-0.39, 0.29) is 17.9 Å². The fourth-order valence-electron chi connectivity index (χ4n) is 4.05. The van der Waals surface area contributed by atoms with E-state index in [1.807, 2.05) is 0 Å². The minimum absolute atomic E-state index is 0.122. The molecule has 2 rings (SSSR count). The van der Waals surface area contributed by atoms with E-state index in [2.05, 4.69) is 26.1 Å². The Hall–Kier alpha value is -0.570. The van der Waals surface area contributed by atoms with Gasteiger partial charge in [0, 0.05) is 18.0 Å². The average Bonchev–Trinajstić information content (AvgIpc) is 2.59. The highest BCUT2D eigenvalue weighted by atomic mass is 16.2. The summed E-state index contributed by atoms with van der Waals surface area (Å²) < 4.78 is 0. The Morgan fingerprint density at radius 2 is 1.65 bits per heavy atom. The number of carbonyl (C=O) groups is 1. The lowest BCUT2D eigenvalue weighted by Crippen LogP contribution is -2.48. The molecule has 0 aromatic heterocycles. The molecule has 3 N–H and O–H groups in total. The van der Waals surface area contributed by atoms with Gasteiger partial charge in [-0.15, -0.1) is 0 Å². The van der Waals surface area contributed by atoms with Gasteiger partial charge in [-0.3, -0.25) is 4.79 Å². The third-order valence-corrected chi connectivity index (χ3v) is 5.71. The third kappa shape index (κ3) is 3.75. The highest BCUT2D eigenvalue weighted by Gasteiger charge is 2.36. The molecule has 3 nitrogen and oxygen atoms in total. The average molecular weight is 280 g/mol. The lowest BCUT2D eigenvalue weighted by atomic mass is 9.72. The van der Waals surface area contributed by atoms with Gasteiger partial charge in [-0.2, -0.15) is 0 Å². The molecule has 2 fully saturated rings. The van der Waals surface area contributed by atoms with Crippen molar-refractivity contribution in [2.45, 2.75) is 77.8 Å². The summed E-state index contributed by atoms with van der Waals surface area (Å²) in [6.07, 6.45) is 8.23. The maximum Gasteiger partial charge on any atom is 0.223 e. The highest BCUT2D eigenvalue weighted by molar-refractivity contribution is 5.79. The summed E-state index contributed by atoms with van der Waals surface area (Å²) in [5, 5.41) is 3.35. The van der Waals surface area contributed by atoms with E-state index >= 15 is 0 Å². The number of carbonyl (C=O) groups excluding carboxylic acids is 1. The minimum atomic E-state index is 0.122. The molecule has 0 radical (unpaired) electrons. The van der Waals surface area contributed by atoms with Gasteiger partial charge in [-0.05, 0) is 43.4 Å². The van der Waals surface area contributed by atoms with Crippen molar-refractivity contribution in [3.63, 3.8) is 0 Å². The van der Waals surface area contributed by atoms with Crippen molar-refractivity contribution in [1.82, 2.24) is 5.32 Å². The predicted molar refractivity (Wildman–Crippen MR) is 83.2 cm³/mol. The summed E-state index contributed by atoms with van der Waals surface area (Å²) in [5.41, 5.74) is 6.17. The molecule has 0 spiro atoms. The smallest absolute Gasteiger partial charge is 0.223 e. The van der Waals surface area contributed by atoms with Gasteiger partial charge in [0.2, 0.25) is 5.91 Å².